The Labute approximate surface area is 127 Å². The van der Waals surface area contributed by atoms with Gasteiger partial charge < -0.3 is 10.2 Å². The minimum Gasteiger partial charge on any atom is -0.371 e. The highest BCUT2D eigenvalue weighted by Crippen LogP contribution is 2.28. The van der Waals surface area contributed by atoms with E-state index in [0.29, 0.717) is 10.9 Å². The molecule has 2 fully saturated rings. The van der Waals surface area contributed by atoms with Crippen molar-refractivity contribution < 1.29 is 8.42 Å². The van der Waals surface area contributed by atoms with Gasteiger partial charge in [0.2, 0.25) is 0 Å². The second-order valence-electron chi connectivity index (χ2n) is 6.38. The Morgan fingerprint density at radius 3 is 2.24 bits per heavy atom. The smallest absolute Gasteiger partial charge is 0.175 e. The molecule has 5 heteroatoms. The average Bonchev–Trinajstić information content (AvgIpc) is 3.29. The van der Waals surface area contributed by atoms with Crippen LogP contribution in [0.4, 0.5) is 5.69 Å². The van der Waals surface area contributed by atoms with Crippen LogP contribution >= 0.6 is 0 Å². The van der Waals surface area contributed by atoms with Crippen molar-refractivity contribution >= 4 is 15.5 Å². The lowest BCUT2D eigenvalue weighted by molar-refractivity contribution is 0.409. The highest BCUT2D eigenvalue weighted by atomic mass is 32.2. The lowest BCUT2D eigenvalue weighted by Gasteiger charge is -2.34. The van der Waals surface area contributed by atoms with E-state index in [1.165, 1.54) is 38.5 Å². The van der Waals surface area contributed by atoms with E-state index in [1.54, 1.807) is 12.1 Å². The van der Waals surface area contributed by atoms with Crippen LogP contribution in [-0.2, 0) is 9.84 Å². The topological polar surface area (TPSA) is 49.4 Å². The first-order valence-electron chi connectivity index (χ1n) is 7.81. The Morgan fingerprint density at radius 1 is 1.10 bits per heavy atom. The average molecular weight is 308 g/mol. The molecule has 1 aromatic rings. The van der Waals surface area contributed by atoms with Gasteiger partial charge in [-0.15, -0.1) is 0 Å². The molecule has 0 unspecified atom stereocenters. The second-order valence-corrected chi connectivity index (χ2v) is 8.39. The predicted molar refractivity (Wildman–Crippen MR) is 85.5 cm³/mol. The van der Waals surface area contributed by atoms with Gasteiger partial charge in [0.25, 0.3) is 0 Å². The zero-order chi connectivity index (χ0) is 14.9. The number of piperidine rings is 1. The molecule has 1 aliphatic carbocycles. The van der Waals surface area contributed by atoms with E-state index in [4.69, 9.17) is 0 Å². The van der Waals surface area contributed by atoms with Gasteiger partial charge in [-0.3, -0.25) is 0 Å². The summed E-state index contributed by atoms with van der Waals surface area (Å²) in [6.45, 7) is 3.27. The molecule has 2 aliphatic rings. The van der Waals surface area contributed by atoms with Crippen molar-refractivity contribution in [1.82, 2.24) is 5.32 Å². The van der Waals surface area contributed by atoms with Gasteiger partial charge in [-0.25, -0.2) is 8.42 Å². The van der Waals surface area contributed by atoms with Gasteiger partial charge >= 0.3 is 0 Å². The molecule has 1 saturated carbocycles. The molecule has 0 spiro atoms. The van der Waals surface area contributed by atoms with Gasteiger partial charge in [0, 0.05) is 31.1 Å². The van der Waals surface area contributed by atoms with Crippen LogP contribution < -0.4 is 10.2 Å². The lowest BCUT2D eigenvalue weighted by atomic mass is 10.0. The molecule has 1 N–H and O–H groups in total. The zero-order valence-corrected chi connectivity index (χ0v) is 13.4. The first kappa shape index (κ1) is 14.9. The fourth-order valence-electron chi connectivity index (χ4n) is 2.90. The molecule has 21 heavy (non-hydrogen) atoms. The van der Waals surface area contributed by atoms with Crippen LogP contribution in [-0.4, -0.2) is 40.3 Å². The molecule has 1 saturated heterocycles. The van der Waals surface area contributed by atoms with Crippen molar-refractivity contribution in [2.45, 2.75) is 36.6 Å². The predicted octanol–water partition coefficient (Wildman–Crippen LogP) is 2.06. The number of nitrogens with one attached hydrogen (secondary N) is 1. The maximum atomic E-state index is 11.5. The van der Waals surface area contributed by atoms with Crippen LogP contribution in [0, 0.1) is 5.92 Å². The Bertz CT molecular complexity index is 571. The quantitative estimate of drug-likeness (QED) is 0.904. The van der Waals surface area contributed by atoms with Crippen molar-refractivity contribution in [3.8, 4) is 0 Å². The van der Waals surface area contributed by atoms with Crippen molar-refractivity contribution in [2.24, 2.45) is 5.92 Å². The fourth-order valence-corrected chi connectivity index (χ4v) is 3.53. The van der Waals surface area contributed by atoms with Crippen molar-refractivity contribution in [2.75, 3.05) is 30.8 Å². The van der Waals surface area contributed by atoms with Crippen LogP contribution in [0.2, 0.25) is 0 Å². The van der Waals surface area contributed by atoms with Gasteiger partial charge in [-0.05, 0) is 62.4 Å². The second kappa shape index (κ2) is 5.97. The molecule has 1 aromatic carbocycles. The van der Waals surface area contributed by atoms with Gasteiger partial charge in [-0.1, -0.05) is 0 Å². The number of sulfone groups is 1. The summed E-state index contributed by atoms with van der Waals surface area (Å²) in [7, 11) is -3.10. The van der Waals surface area contributed by atoms with Crippen LogP contribution in [0.25, 0.3) is 0 Å². The van der Waals surface area contributed by atoms with Crippen LogP contribution in [0.1, 0.15) is 25.7 Å². The maximum Gasteiger partial charge on any atom is 0.175 e. The van der Waals surface area contributed by atoms with Crippen molar-refractivity contribution in [3.05, 3.63) is 24.3 Å². The summed E-state index contributed by atoms with van der Waals surface area (Å²) < 4.78 is 22.9. The van der Waals surface area contributed by atoms with E-state index in [9.17, 15) is 8.42 Å². The van der Waals surface area contributed by atoms with E-state index in [1.807, 2.05) is 12.1 Å². The minimum atomic E-state index is -3.10. The third-order valence-corrected chi connectivity index (χ3v) is 5.65. The number of benzene rings is 1. The summed E-state index contributed by atoms with van der Waals surface area (Å²) in [5.74, 6) is 0.937. The molecule has 0 bridgehead atoms. The maximum absolute atomic E-state index is 11.5. The van der Waals surface area contributed by atoms with E-state index in [0.717, 1.165) is 24.7 Å². The molecule has 0 aromatic heterocycles. The number of hydrogen-bond donors (Lipinski definition) is 1. The van der Waals surface area contributed by atoms with Gasteiger partial charge in [-0.2, -0.15) is 0 Å². The lowest BCUT2D eigenvalue weighted by Crippen LogP contribution is -2.43. The first-order chi connectivity index (χ1) is 10.0. The number of nitrogens with zero attached hydrogens (tertiary/aromatic N) is 1. The normalized spacial score (nSPS) is 20.7. The number of rotatable bonds is 5. The first-order valence-corrected chi connectivity index (χ1v) is 9.70. The summed E-state index contributed by atoms with van der Waals surface area (Å²) in [5, 5.41) is 3.68. The molecule has 116 valence electrons. The summed E-state index contributed by atoms with van der Waals surface area (Å²) in [5.41, 5.74) is 1.13. The van der Waals surface area contributed by atoms with Crippen LogP contribution in [0.3, 0.4) is 0 Å². The zero-order valence-electron chi connectivity index (χ0n) is 12.6. The van der Waals surface area contributed by atoms with Crippen LogP contribution in [0.15, 0.2) is 29.2 Å². The summed E-state index contributed by atoms with van der Waals surface area (Å²) in [4.78, 5) is 2.74. The third kappa shape index (κ3) is 3.98. The third-order valence-electron chi connectivity index (χ3n) is 4.52. The molecule has 3 rings (SSSR count). The molecule has 0 atom stereocenters. The van der Waals surface area contributed by atoms with Crippen molar-refractivity contribution in [1.29, 1.82) is 0 Å². The van der Waals surface area contributed by atoms with Crippen molar-refractivity contribution in [3.63, 3.8) is 0 Å². The Kier molecular flexibility index (Phi) is 4.22. The molecular weight excluding hydrogens is 284 g/mol. The van der Waals surface area contributed by atoms with Gasteiger partial charge in [0.15, 0.2) is 9.84 Å². The van der Waals surface area contributed by atoms with Gasteiger partial charge in [0.05, 0.1) is 4.90 Å². The van der Waals surface area contributed by atoms with Crippen LogP contribution in [0.5, 0.6) is 0 Å². The summed E-state index contributed by atoms with van der Waals surface area (Å²) in [6.07, 6.45) is 6.39. The molecule has 4 nitrogen and oxygen atoms in total. The Morgan fingerprint density at radius 2 is 1.71 bits per heavy atom. The Hall–Kier alpha value is -1.07. The molecular formula is C16H24N2O2S. The molecule has 0 radical (unpaired) electrons. The highest BCUT2D eigenvalue weighted by Gasteiger charge is 2.24. The van der Waals surface area contributed by atoms with Gasteiger partial charge in [0.1, 0.15) is 0 Å². The largest absolute Gasteiger partial charge is 0.371 e. The summed E-state index contributed by atoms with van der Waals surface area (Å²) >= 11 is 0. The number of anilines is 1. The van der Waals surface area contributed by atoms with E-state index < -0.39 is 9.84 Å². The van der Waals surface area contributed by atoms with E-state index in [-0.39, 0.29) is 0 Å². The molecule has 1 heterocycles. The highest BCUT2D eigenvalue weighted by molar-refractivity contribution is 7.90. The van der Waals surface area contributed by atoms with E-state index >= 15 is 0 Å². The Balaban J connectivity index is 1.53. The summed E-state index contributed by atoms with van der Waals surface area (Å²) in [6, 6.07) is 7.92. The standard InChI is InChI=1S/C16H24N2O2S/c1-21(19,20)16-6-4-15(5-7-16)18-10-8-14(9-11-18)17-12-13-2-3-13/h4-7,13-14,17H,2-3,8-12H2,1H3. The SMILES string of the molecule is CS(=O)(=O)c1ccc(N2CCC(NCC3CC3)CC2)cc1. The molecule has 1 aliphatic heterocycles. The number of hydrogen-bond acceptors (Lipinski definition) is 4. The minimum absolute atomic E-state index is 0.396. The molecule has 0 amide bonds. The van der Waals surface area contributed by atoms with E-state index in [2.05, 4.69) is 10.2 Å². The fraction of sp³-hybridized carbons (Fsp3) is 0.625. The monoisotopic (exact) mass is 308 g/mol.